The molecule has 0 amide bonds. The second-order valence-corrected chi connectivity index (χ2v) is 6.14. The van der Waals surface area contributed by atoms with Crippen LogP contribution in [0.4, 0.5) is 4.39 Å². The molecule has 21 heavy (non-hydrogen) atoms. The van der Waals surface area contributed by atoms with E-state index in [0.29, 0.717) is 17.7 Å². The number of aliphatic hydroxyl groups is 1. The van der Waals surface area contributed by atoms with Gasteiger partial charge in [-0.25, -0.2) is 4.39 Å². The SMILES string of the molecule is O[C@@H]1CC(c2csc3ccccc23)Oc2cc(F)ccc21. The quantitative estimate of drug-likeness (QED) is 0.712. The first-order chi connectivity index (χ1) is 10.2. The van der Waals surface area contributed by atoms with Crippen molar-refractivity contribution >= 4 is 21.4 Å². The molecule has 1 aromatic heterocycles. The fourth-order valence-electron chi connectivity index (χ4n) is 2.85. The van der Waals surface area contributed by atoms with E-state index >= 15 is 0 Å². The number of aliphatic hydroxyl groups excluding tert-OH is 1. The Morgan fingerprint density at radius 1 is 1.14 bits per heavy atom. The number of thiophene rings is 1. The van der Waals surface area contributed by atoms with Gasteiger partial charge in [0, 0.05) is 28.3 Å². The molecular formula is C17H13FO2S. The van der Waals surface area contributed by atoms with Crippen LogP contribution in [0.25, 0.3) is 10.1 Å². The lowest BCUT2D eigenvalue weighted by Gasteiger charge is -2.29. The first-order valence-electron chi connectivity index (χ1n) is 6.82. The average molecular weight is 300 g/mol. The first kappa shape index (κ1) is 12.8. The molecule has 4 rings (SSSR count). The summed E-state index contributed by atoms with van der Waals surface area (Å²) in [5, 5.41) is 13.5. The van der Waals surface area contributed by atoms with Gasteiger partial charge in [-0.2, -0.15) is 0 Å². The summed E-state index contributed by atoms with van der Waals surface area (Å²) in [4.78, 5) is 0. The van der Waals surface area contributed by atoms with E-state index < -0.39 is 6.10 Å². The molecule has 0 spiro atoms. The summed E-state index contributed by atoms with van der Waals surface area (Å²) in [6.07, 6.45) is -0.386. The van der Waals surface area contributed by atoms with Crippen LogP contribution in [0.5, 0.6) is 5.75 Å². The van der Waals surface area contributed by atoms with E-state index in [1.165, 1.54) is 16.8 Å². The fourth-order valence-corrected chi connectivity index (χ4v) is 3.86. The number of halogens is 1. The molecule has 106 valence electrons. The summed E-state index contributed by atoms with van der Waals surface area (Å²) < 4.78 is 20.5. The van der Waals surface area contributed by atoms with Crippen molar-refractivity contribution in [2.75, 3.05) is 0 Å². The Bertz CT molecular complexity index is 811. The van der Waals surface area contributed by atoms with Crippen LogP contribution in [0.1, 0.15) is 29.8 Å². The van der Waals surface area contributed by atoms with Gasteiger partial charge in [-0.05, 0) is 29.0 Å². The molecule has 4 heteroatoms. The molecule has 0 radical (unpaired) electrons. The molecular weight excluding hydrogens is 287 g/mol. The van der Waals surface area contributed by atoms with Gasteiger partial charge in [-0.1, -0.05) is 18.2 Å². The van der Waals surface area contributed by atoms with Crippen LogP contribution in [-0.2, 0) is 0 Å². The van der Waals surface area contributed by atoms with Crippen LogP contribution in [0.3, 0.4) is 0 Å². The standard InChI is InChI=1S/C17H13FO2S/c18-10-5-6-12-14(19)8-16(20-15(12)7-10)13-9-21-17-4-2-1-3-11(13)17/h1-7,9,14,16,19H,8H2/t14-,16?/m1/s1. The zero-order valence-corrected chi connectivity index (χ0v) is 11.9. The van der Waals surface area contributed by atoms with Gasteiger partial charge in [0.1, 0.15) is 17.7 Å². The molecule has 1 unspecified atom stereocenters. The highest BCUT2D eigenvalue weighted by Crippen LogP contribution is 2.43. The Kier molecular flexibility index (Phi) is 2.94. The van der Waals surface area contributed by atoms with Gasteiger partial charge >= 0.3 is 0 Å². The maximum atomic E-state index is 13.4. The minimum Gasteiger partial charge on any atom is -0.485 e. The lowest BCUT2D eigenvalue weighted by Crippen LogP contribution is -2.18. The smallest absolute Gasteiger partial charge is 0.128 e. The number of ether oxygens (including phenoxy) is 1. The van der Waals surface area contributed by atoms with Crippen molar-refractivity contribution in [2.45, 2.75) is 18.6 Å². The molecule has 0 saturated heterocycles. The van der Waals surface area contributed by atoms with E-state index in [-0.39, 0.29) is 11.9 Å². The van der Waals surface area contributed by atoms with Crippen LogP contribution >= 0.6 is 11.3 Å². The topological polar surface area (TPSA) is 29.5 Å². The average Bonchev–Trinajstić information content (AvgIpc) is 2.90. The predicted octanol–water partition coefficient (Wildman–Crippen LogP) is 4.60. The van der Waals surface area contributed by atoms with Crippen molar-refractivity contribution in [1.82, 2.24) is 0 Å². The third-order valence-electron chi connectivity index (χ3n) is 3.90. The van der Waals surface area contributed by atoms with Crippen molar-refractivity contribution in [3.63, 3.8) is 0 Å². The summed E-state index contributed by atoms with van der Waals surface area (Å²) in [6, 6.07) is 12.4. The van der Waals surface area contributed by atoms with E-state index in [9.17, 15) is 9.50 Å². The maximum absolute atomic E-state index is 13.4. The van der Waals surface area contributed by atoms with Crippen molar-refractivity contribution in [3.8, 4) is 5.75 Å². The van der Waals surface area contributed by atoms with E-state index in [2.05, 4.69) is 17.5 Å². The summed E-state index contributed by atoms with van der Waals surface area (Å²) in [5.41, 5.74) is 1.72. The highest BCUT2D eigenvalue weighted by Gasteiger charge is 2.29. The van der Waals surface area contributed by atoms with Crippen molar-refractivity contribution in [1.29, 1.82) is 0 Å². The zero-order chi connectivity index (χ0) is 14.4. The van der Waals surface area contributed by atoms with Crippen molar-refractivity contribution in [3.05, 3.63) is 64.8 Å². The molecule has 2 nitrogen and oxygen atoms in total. The minimum atomic E-state index is -0.627. The van der Waals surface area contributed by atoms with Crippen molar-refractivity contribution in [2.24, 2.45) is 0 Å². The Balaban J connectivity index is 1.78. The van der Waals surface area contributed by atoms with Crippen LogP contribution in [0, 0.1) is 5.82 Å². The van der Waals surface area contributed by atoms with Crippen molar-refractivity contribution < 1.29 is 14.2 Å². The molecule has 2 heterocycles. The third-order valence-corrected chi connectivity index (χ3v) is 4.88. The van der Waals surface area contributed by atoms with Gasteiger partial charge in [0.05, 0.1) is 6.10 Å². The molecule has 2 aromatic carbocycles. The molecule has 1 aliphatic heterocycles. The lowest BCUT2D eigenvalue weighted by molar-refractivity contribution is 0.0662. The Morgan fingerprint density at radius 3 is 2.90 bits per heavy atom. The summed E-state index contributed by atoms with van der Waals surface area (Å²) >= 11 is 1.66. The van der Waals surface area contributed by atoms with Crippen LogP contribution in [0.15, 0.2) is 47.8 Å². The Morgan fingerprint density at radius 2 is 2.00 bits per heavy atom. The number of hydrogen-bond acceptors (Lipinski definition) is 3. The molecule has 1 aliphatic rings. The molecule has 0 fully saturated rings. The van der Waals surface area contributed by atoms with Gasteiger partial charge in [0.2, 0.25) is 0 Å². The van der Waals surface area contributed by atoms with E-state index in [4.69, 9.17) is 4.74 Å². The van der Waals surface area contributed by atoms with Gasteiger partial charge < -0.3 is 9.84 Å². The number of hydrogen-bond donors (Lipinski definition) is 1. The third kappa shape index (κ3) is 2.11. The molecule has 0 aliphatic carbocycles. The Labute approximate surface area is 125 Å². The van der Waals surface area contributed by atoms with Gasteiger partial charge in [-0.3, -0.25) is 0 Å². The number of rotatable bonds is 1. The number of benzene rings is 2. The lowest BCUT2D eigenvalue weighted by atomic mass is 9.95. The number of fused-ring (bicyclic) bond motifs is 2. The maximum Gasteiger partial charge on any atom is 0.128 e. The van der Waals surface area contributed by atoms with E-state index in [1.807, 2.05) is 12.1 Å². The highest BCUT2D eigenvalue weighted by molar-refractivity contribution is 7.17. The molecule has 0 bridgehead atoms. The molecule has 2 atom stereocenters. The molecule has 1 N–H and O–H groups in total. The largest absolute Gasteiger partial charge is 0.485 e. The Hall–Kier alpha value is -1.91. The second-order valence-electron chi connectivity index (χ2n) is 5.23. The van der Waals surface area contributed by atoms with Crippen LogP contribution in [0.2, 0.25) is 0 Å². The summed E-state index contributed by atoms with van der Waals surface area (Å²) in [7, 11) is 0. The molecule has 0 saturated carbocycles. The monoisotopic (exact) mass is 300 g/mol. The van der Waals surface area contributed by atoms with E-state index in [1.54, 1.807) is 17.4 Å². The summed E-state index contributed by atoms with van der Waals surface area (Å²) in [6.45, 7) is 0. The second kappa shape index (κ2) is 4.83. The van der Waals surface area contributed by atoms with Gasteiger partial charge in [0.15, 0.2) is 0 Å². The minimum absolute atomic E-state index is 0.245. The van der Waals surface area contributed by atoms with Gasteiger partial charge in [0.25, 0.3) is 0 Å². The molecule has 3 aromatic rings. The normalized spacial score (nSPS) is 21.0. The van der Waals surface area contributed by atoms with Crippen LogP contribution < -0.4 is 4.74 Å². The first-order valence-corrected chi connectivity index (χ1v) is 7.70. The van der Waals surface area contributed by atoms with E-state index in [0.717, 1.165) is 10.9 Å². The zero-order valence-electron chi connectivity index (χ0n) is 11.1. The summed E-state index contributed by atoms with van der Waals surface area (Å²) in [5.74, 6) is 0.0887. The fraction of sp³-hybridized carbons (Fsp3) is 0.176. The highest BCUT2D eigenvalue weighted by atomic mass is 32.1. The predicted molar refractivity (Wildman–Crippen MR) is 81.2 cm³/mol. The van der Waals surface area contributed by atoms with Gasteiger partial charge in [-0.15, -0.1) is 11.3 Å². The van der Waals surface area contributed by atoms with Crippen LogP contribution in [-0.4, -0.2) is 5.11 Å².